The molecule has 0 saturated carbocycles. The molecule has 0 saturated heterocycles. The van der Waals surface area contributed by atoms with Crippen LogP contribution >= 0.6 is 11.3 Å². The van der Waals surface area contributed by atoms with Crippen molar-refractivity contribution < 1.29 is 13.9 Å². The first-order chi connectivity index (χ1) is 58.5. The SMILES string of the molecule is c1ccc(-c2ccc3c(N(c4ccc(-c5ccc(-c6ccc7c(c6)C6(c8ccccc8Oc8ccccc86)c6cc(-c8ccc(N(c9ccccc9)c9cccc(-c%10csc%11ccccc%10%11)c9)cc8)ccc6-7)c6ccccc56)cc4)c4ccc5c(c4)-c4ccccc4C54c5ccccc5Oc5ccccc54)c(-c4ccccc4)oc3c2)cc1. The number of anilines is 6. The molecule has 0 amide bonds. The Labute approximate surface area is 687 Å². The lowest BCUT2D eigenvalue weighted by molar-refractivity contribution is 0.436. The maximum atomic E-state index is 7.29. The predicted octanol–water partition coefficient (Wildman–Crippen LogP) is 30.7. The zero-order valence-corrected chi connectivity index (χ0v) is 64.8. The molecule has 20 aromatic rings. The van der Waals surface area contributed by atoms with Crippen molar-refractivity contribution in [3.8, 4) is 112 Å². The monoisotopic (exact) mass is 1520 g/mol. The minimum absolute atomic E-state index is 0.630. The van der Waals surface area contributed by atoms with Crippen LogP contribution < -0.4 is 19.3 Å². The zero-order chi connectivity index (χ0) is 77.6. The Morgan fingerprint density at radius 1 is 0.212 bits per heavy atom. The molecular weight excluding hydrogens is 1450 g/mol. The van der Waals surface area contributed by atoms with Gasteiger partial charge in [0.1, 0.15) is 34.3 Å². The minimum atomic E-state index is -0.734. The van der Waals surface area contributed by atoms with Gasteiger partial charge in [-0.25, -0.2) is 0 Å². The van der Waals surface area contributed by atoms with Gasteiger partial charge in [0, 0.05) is 77.3 Å². The van der Waals surface area contributed by atoms with Gasteiger partial charge in [0.05, 0.1) is 10.8 Å². The summed E-state index contributed by atoms with van der Waals surface area (Å²) in [6, 6.07) is 153. The van der Waals surface area contributed by atoms with Crippen LogP contribution in [0.1, 0.15) is 44.5 Å². The van der Waals surface area contributed by atoms with Crippen molar-refractivity contribution in [2.24, 2.45) is 0 Å². The largest absolute Gasteiger partial charge is 0.457 e. The summed E-state index contributed by atoms with van der Waals surface area (Å²) in [7, 11) is 0. The number of furan rings is 1. The van der Waals surface area contributed by atoms with Crippen LogP contribution in [0.3, 0.4) is 0 Å². The normalized spacial score (nSPS) is 13.2. The van der Waals surface area contributed by atoms with Crippen molar-refractivity contribution >= 4 is 77.3 Å². The van der Waals surface area contributed by atoms with E-state index >= 15 is 0 Å². The number of ether oxygens (including phenoxy) is 2. The summed E-state index contributed by atoms with van der Waals surface area (Å²) in [4.78, 5) is 4.80. The van der Waals surface area contributed by atoms with E-state index in [1.54, 1.807) is 11.3 Å². The number of thiophene rings is 1. The van der Waals surface area contributed by atoms with Crippen molar-refractivity contribution in [1.82, 2.24) is 0 Å². The van der Waals surface area contributed by atoms with E-state index in [4.69, 9.17) is 13.9 Å². The average molecular weight is 1520 g/mol. The highest BCUT2D eigenvalue weighted by molar-refractivity contribution is 7.17. The Kier molecular flexibility index (Phi) is 15.3. The third kappa shape index (κ3) is 10.2. The summed E-state index contributed by atoms with van der Waals surface area (Å²) in [5.41, 5.74) is 32.3. The van der Waals surface area contributed by atoms with Crippen LogP contribution in [-0.2, 0) is 10.8 Å². The molecule has 0 N–H and O–H groups in total. The van der Waals surface area contributed by atoms with Gasteiger partial charge in [-0.3, -0.25) is 0 Å². The van der Waals surface area contributed by atoms with Gasteiger partial charge in [0.2, 0.25) is 0 Å². The summed E-state index contributed by atoms with van der Waals surface area (Å²) in [5, 5.41) is 6.90. The lowest BCUT2D eigenvalue weighted by Crippen LogP contribution is -2.32. The van der Waals surface area contributed by atoms with Crippen LogP contribution in [0.15, 0.2) is 428 Å². The number of para-hydroxylation sites is 5. The second-order valence-corrected chi connectivity index (χ2v) is 32.1. The molecule has 2 aromatic heterocycles. The molecule has 2 aliphatic heterocycles. The van der Waals surface area contributed by atoms with Crippen LogP contribution in [0, 0.1) is 0 Å². The molecule has 0 atom stereocenters. The first kappa shape index (κ1) is 67.4. The van der Waals surface area contributed by atoms with E-state index in [9.17, 15) is 0 Å². The standard InChI is InChI=1S/C112H70N2O3S/c1-4-25-71(26-5-1)76-52-61-92-107(68-76)117-110(74-27-6-2-7-28-74)109(92)114(83-58-64-96-93(69-83)88-35-12-14-37-95(88)111(96)97-38-15-19-42-103(97)115-104-43-20-16-39-98(104)111)81-56-49-73(50-57-81)84-62-63-85(87-34-11-10-33-86(84)87)78-53-60-90-89-59-51-75(66-101(89)112(102(90)67-78)99-40-17-21-44-105(99)116-106-45-22-18-41-100(106)112)72-47-54-80(55-48-72)113(79-30-8-3-9-31-79)82-32-24-29-77(65-82)94-70-118-108-46-23-13-36-91(94)108/h1-70H. The topological polar surface area (TPSA) is 38.1 Å². The molecule has 0 unspecified atom stereocenters. The Morgan fingerprint density at radius 3 is 1.26 bits per heavy atom. The van der Waals surface area contributed by atoms with E-state index < -0.39 is 10.8 Å². The van der Waals surface area contributed by atoms with Crippen molar-refractivity contribution in [3.63, 3.8) is 0 Å². The summed E-state index contributed by atoms with van der Waals surface area (Å²) in [5.74, 6) is 4.22. The van der Waals surface area contributed by atoms with Gasteiger partial charge < -0.3 is 23.7 Å². The van der Waals surface area contributed by atoms with E-state index in [1.165, 1.54) is 71.1 Å². The van der Waals surface area contributed by atoms with E-state index in [0.717, 1.165) is 152 Å². The molecule has 2 aliphatic carbocycles. The number of nitrogens with zero attached hydrogens (tertiary/aromatic N) is 2. The molecular formula is C112H70N2O3S. The lowest BCUT2D eigenvalue weighted by atomic mass is 9.65. The van der Waals surface area contributed by atoms with E-state index in [-0.39, 0.29) is 0 Å². The molecule has 0 radical (unpaired) electrons. The van der Waals surface area contributed by atoms with E-state index in [1.807, 2.05) is 0 Å². The van der Waals surface area contributed by atoms with Gasteiger partial charge in [-0.2, -0.15) is 0 Å². The van der Waals surface area contributed by atoms with Crippen molar-refractivity contribution in [1.29, 1.82) is 0 Å². The Hall–Kier alpha value is -15.1. The van der Waals surface area contributed by atoms with Crippen molar-refractivity contribution in [3.05, 3.63) is 468 Å². The van der Waals surface area contributed by atoms with Crippen LogP contribution in [0.2, 0.25) is 0 Å². The number of hydrogen-bond donors (Lipinski definition) is 0. The van der Waals surface area contributed by atoms with Gasteiger partial charge in [-0.05, 0) is 226 Å². The van der Waals surface area contributed by atoms with Gasteiger partial charge in [-0.15, -0.1) is 11.3 Å². The highest BCUT2D eigenvalue weighted by atomic mass is 32.1. The molecule has 552 valence electrons. The predicted molar refractivity (Wildman–Crippen MR) is 486 cm³/mol. The fourth-order valence-corrected chi connectivity index (χ4v) is 20.9. The minimum Gasteiger partial charge on any atom is -0.457 e. The molecule has 5 nitrogen and oxygen atoms in total. The van der Waals surface area contributed by atoms with Gasteiger partial charge in [0.15, 0.2) is 5.76 Å². The first-order valence-electron chi connectivity index (χ1n) is 40.4. The van der Waals surface area contributed by atoms with Gasteiger partial charge >= 0.3 is 0 Å². The van der Waals surface area contributed by atoms with E-state index in [2.05, 4.69) is 434 Å². The van der Waals surface area contributed by atoms with Gasteiger partial charge in [0.25, 0.3) is 0 Å². The van der Waals surface area contributed by atoms with Crippen LogP contribution in [0.25, 0.3) is 121 Å². The summed E-state index contributed by atoms with van der Waals surface area (Å²) in [6.07, 6.45) is 0. The van der Waals surface area contributed by atoms with Crippen LogP contribution in [-0.4, -0.2) is 0 Å². The molecule has 4 heterocycles. The maximum absolute atomic E-state index is 7.29. The summed E-state index contributed by atoms with van der Waals surface area (Å²) in [6.45, 7) is 0. The Bertz CT molecular complexity index is 7360. The summed E-state index contributed by atoms with van der Waals surface area (Å²) >= 11 is 1.80. The number of benzene rings is 18. The van der Waals surface area contributed by atoms with Gasteiger partial charge in [-0.1, -0.05) is 303 Å². The lowest BCUT2D eigenvalue weighted by Gasteiger charge is -2.39. The molecule has 4 aliphatic rings. The fraction of sp³-hybridized carbons (Fsp3) is 0.0179. The average Bonchev–Trinajstić information content (AvgIpc) is 1.51. The Balaban J connectivity index is 0.626. The third-order valence-corrected chi connectivity index (χ3v) is 26.1. The fourth-order valence-electron chi connectivity index (χ4n) is 20.0. The molecule has 6 heteroatoms. The van der Waals surface area contributed by atoms with E-state index in [0.29, 0.717) is 0 Å². The molecule has 0 bridgehead atoms. The maximum Gasteiger partial charge on any atom is 0.159 e. The zero-order valence-electron chi connectivity index (χ0n) is 63.9. The Morgan fingerprint density at radius 2 is 0.619 bits per heavy atom. The second-order valence-electron chi connectivity index (χ2n) is 31.2. The highest BCUT2D eigenvalue weighted by Gasteiger charge is 2.53. The van der Waals surface area contributed by atoms with Crippen LogP contribution in [0.5, 0.6) is 23.0 Å². The summed E-state index contributed by atoms with van der Waals surface area (Å²) < 4.78 is 22.3. The van der Waals surface area contributed by atoms with Crippen molar-refractivity contribution in [2.45, 2.75) is 10.8 Å². The molecule has 24 rings (SSSR count). The number of fused-ring (bicyclic) bond motifs is 21. The molecule has 2 spiro atoms. The number of hydrogen-bond acceptors (Lipinski definition) is 6. The molecule has 0 fully saturated rings. The first-order valence-corrected chi connectivity index (χ1v) is 41.3. The third-order valence-electron chi connectivity index (χ3n) is 25.1. The highest BCUT2D eigenvalue weighted by Crippen LogP contribution is 2.66. The molecule has 18 aromatic carbocycles. The quantitative estimate of drug-likeness (QED) is 0.122. The van der Waals surface area contributed by atoms with Crippen molar-refractivity contribution in [2.75, 3.05) is 9.80 Å². The second kappa shape index (κ2) is 26.8. The van der Waals surface area contributed by atoms with Crippen LogP contribution in [0.4, 0.5) is 34.1 Å². The molecule has 118 heavy (non-hydrogen) atoms. The number of rotatable bonds is 12. The smallest absolute Gasteiger partial charge is 0.159 e.